The predicted octanol–water partition coefficient (Wildman–Crippen LogP) is 9.61. The first-order valence-corrected chi connectivity index (χ1v) is 20.4. The molecule has 0 bridgehead atoms. The maximum Gasteiger partial charge on any atom is 0.234 e. The van der Waals surface area contributed by atoms with E-state index >= 15 is 0 Å². The summed E-state index contributed by atoms with van der Waals surface area (Å²) in [5.74, 6) is -0.263. The Kier molecular flexibility index (Phi) is 18.5. The standard InChI is InChI=1S/C22H17N5O2.C21H15N5OS.C7H8O.CH4/c1-14(28)26-17-9-7-16(8-10-17)20-18(11-23)21(25)27-22(19(20)12-24)29-13-15-5-3-2-4-6-15;1-13(27)25-15-9-7-14(8-10-15)19-17(11-22)20(24)26-21(18(19)12-23)28-16-5-3-2-4-6-16;8-6-7-4-2-1-3-5-7;/h2-10H,13H2,1H3,(H2,25,27)(H,26,28);2-10H,1H3,(H2,24,26)(H,25,27);1-5,8H,6H2;1H4. The lowest BCUT2D eigenvalue weighted by atomic mass is 9.96. The Morgan fingerprint density at radius 2 is 1.00 bits per heavy atom. The monoisotopic (exact) mass is 892 g/mol. The minimum atomic E-state index is -0.196. The molecule has 0 radical (unpaired) electrons. The third-order valence-electron chi connectivity index (χ3n) is 9.02. The van der Waals surface area contributed by atoms with Crippen LogP contribution in [0.5, 0.6) is 5.88 Å². The minimum Gasteiger partial charge on any atom is -0.472 e. The van der Waals surface area contributed by atoms with Gasteiger partial charge in [0.05, 0.1) is 12.2 Å². The Bertz CT molecular complexity index is 2940. The van der Waals surface area contributed by atoms with E-state index in [0.29, 0.717) is 38.7 Å². The molecule has 0 atom stereocenters. The highest BCUT2D eigenvalue weighted by Gasteiger charge is 2.23. The highest BCUT2D eigenvalue weighted by atomic mass is 32.2. The number of hydrogen-bond acceptors (Lipinski definition) is 13. The van der Waals surface area contributed by atoms with E-state index in [1.165, 1.54) is 25.6 Å². The summed E-state index contributed by atoms with van der Waals surface area (Å²) in [4.78, 5) is 31.7. The third kappa shape index (κ3) is 13.3. The van der Waals surface area contributed by atoms with Crippen LogP contribution in [-0.2, 0) is 22.8 Å². The molecule has 0 spiro atoms. The number of carbonyl (C=O) groups excluding carboxylic acids is 2. The Morgan fingerprint density at radius 1 is 0.591 bits per heavy atom. The fourth-order valence-electron chi connectivity index (χ4n) is 6.11. The van der Waals surface area contributed by atoms with Crippen molar-refractivity contribution in [2.45, 2.75) is 44.4 Å². The van der Waals surface area contributed by atoms with Gasteiger partial charge in [0.25, 0.3) is 0 Å². The Labute approximate surface area is 387 Å². The number of benzene rings is 5. The molecule has 2 heterocycles. The molecule has 328 valence electrons. The number of nitrogen functional groups attached to an aromatic ring is 2. The second-order valence-corrected chi connectivity index (χ2v) is 14.7. The highest BCUT2D eigenvalue weighted by molar-refractivity contribution is 7.99. The van der Waals surface area contributed by atoms with Crippen molar-refractivity contribution in [3.63, 3.8) is 0 Å². The van der Waals surface area contributed by atoms with Gasteiger partial charge in [-0.25, -0.2) is 4.98 Å². The molecule has 66 heavy (non-hydrogen) atoms. The summed E-state index contributed by atoms with van der Waals surface area (Å²) < 4.78 is 5.75. The van der Waals surface area contributed by atoms with Crippen LogP contribution < -0.4 is 26.8 Å². The summed E-state index contributed by atoms with van der Waals surface area (Å²) in [6.45, 7) is 3.18. The van der Waals surface area contributed by atoms with Crippen LogP contribution in [0.15, 0.2) is 149 Å². The zero-order valence-electron chi connectivity index (χ0n) is 35.1. The Hall–Kier alpha value is -8.99. The average Bonchev–Trinajstić information content (AvgIpc) is 3.32. The summed E-state index contributed by atoms with van der Waals surface area (Å²) in [6, 6.07) is 50.4. The fourth-order valence-corrected chi connectivity index (χ4v) is 7.02. The second kappa shape index (κ2) is 24.6. The molecule has 7 rings (SSSR count). The van der Waals surface area contributed by atoms with Crippen LogP contribution in [0, 0.1) is 45.3 Å². The van der Waals surface area contributed by atoms with Crippen molar-refractivity contribution in [1.82, 2.24) is 9.97 Å². The molecular formula is C51H44N10O4S. The Balaban J connectivity index is 0.000000244. The van der Waals surface area contributed by atoms with Gasteiger partial charge >= 0.3 is 0 Å². The topological polar surface area (TPSA) is 261 Å². The molecule has 7 N–H and O–H groups in total. The molecule has 0 aliphatic rings. The van der Waals surface area contributed by atoms with Gasteiger partial charge in [-0.3, -0.25) is 9.59 Å². The van der Waals surface area contributed by atoms with E-state index in [9.17, 15) is 30.6 Å². The van der Waals surface area contributed by atoms with E-state index in [4.69, 9.17) is 21.3 Å². The summed E-state index contributed by atoms with van der Waals surface area (Å²) in [7, 11) is 0. The van der Waals surface area contributed by atoms with Gasteiger partial charge in [-0.2, -0.15) is 26.0 Å². The van der Waals surface area contributed by atoms with E-state index < -0.39 is 0 Å². The van der Waals surface area contributed by atoms with E-state index in [-0.39, 0.29) is 72.2 Å². The molecular weight excluding hydrogens is 849 g/mol. The largest absolute Gasteiger partial charge is 0.472 e. The smallest absolute Gasteiger partial charge is 0.234 e. The molecule has 14 nitrogen and oxygen atoms in total. The summed E-state index contributed by atoms with van der Waals surface area (Å²) in [5.41, 5.74) is 17.8. The van der Waals surface area contributed by atoms with Gasteiger partial charge in [0.2, 0.25) is 17.7 Å². The van der Waals surface area contributed by atoms with E-state index in [1.54, 1.807) is 48.5 Å². The van der Waals surface area contributed by atoms with Gasteiger partial charge < -0.3 is 31.9 Å². The molecule has 7 aromatic rings. The Morgan fingerprint density at radius 3 is 1.41 bits per heavy atom. The van der Waals surface area contributed by atoms with Gasteiger partial charge in [0, 0.05) is 41.2 Å². The van der Waals surface area contributed by atoms with Crippen LogP contribution in [0.1, 0.15) is 54.7 Å². The molecule has 0 saturated heterocycles. The molecule has 2 aromatic heterocycles. The fraction of sp³-hybridized carbons (Fsp3) is 0.0980. The molecule has 0 saturated carbocycles. The third-order valence-corrected chi connectivity index (χ3v) is 10.0. The quantitative estimate of drug-likeness (QED) is 0.0857. The number of carbonyl (C=O) groups is 2. The van der Waals surface area contributed by atoms with E-state index in [1.807, 2.05) is 97.1 Å². The van der Waals surface area contributed by atoms with Crippen LogP contribution >= 0.6 is 11.8 Å². The number of anilines is 4. The number of nitrogens with two attached hydrogens (primary N) is 2. The second-order valence-electron chi connectivity index (χ2n) is 13.7. The SMILES string of the molecule is C.CC(=O)Nc1ccc(-c2c(C#N)c(N)nc(OCc3ccccc3)c2C#N)cc1.CC(=O)Nc1ccc(-c2c(C#N)c(N)nc(Sc3ccccc3)c2C#N)cc1.OCc1ccccc1. The number of nitrogens with one attached hydrogen (secondary N) is 2. The summed E-state index contributed by atoms with van der Waals surface area (Å²) >= 11 is 1.31. The van der Waals surface area contributed by atoms with Gasteiger partial charge in [0.1, 0.15) is 64.2 Å². The number of pyridine rings is 2. The number of hydrogen-bond donors (Lipinski definition) is 5. The molecule has 0 aliphatic carbocycles. The molecule has 0 unspecified atom stereocenters. The van der Waals surface area contributed by atoms with Gasteiger partial charge in [-0.05, 0) is 58.7 Å². The average molecular weight is 893 g/mol. The number of aliphatic hydroxyl groups excluding tert-OH is 1. The molecule has 0 fully saturated rings. The zero-order chi connectivity index (χ0) is 46.7. The van der Waals surface area contributed by atoms with Gasteiger partial charge in [0.15, 0.2) is 0 Å². The first kappa shape index (κ1) is 49.7. The van der Waals surface area contributed by atoms with Crippen molar-refractivity contribution in [2.24, 2.45) is 0 Å². The van der Waals surface area contributed by atoms with E-state index in [2.05, 4.69) is 38.8 Å². The van der Waals surface area contributed by atoms with Crippen LogP contribution in [0.4, 0.5) is 23.0 Å². The molecule has 2 amide bonds. The highest BCUT2D eigenvalue weighted by Crippen LogP contribution is 2.39. The molecule has 5 aromatic carbocycles. The maximum atomic E-state index is 11.2. The van der Waals surface area contributed by atoms with Crippen LogP contribution in [0.3, 0.4) is 0 Å². The summed E-state index contributed by atoms with van der Waals surface area (Å²) in [5, 5.41) is 53.1. The van der Waals surface area contributed by atoms with Crippen molar-refractivity contribution in [3.8, 4) is 52.4 Å². The van der Waals surface area contributed by atoms with E-state index in [0.717, 1.165) is 16.0 Å². The lowest BCUT2D eigenvalue weighted by Crippen LogP contribution is -2.07. The van der Waals surface area contributed by atoms with Crippen molar-refractivity contribution < 1.29 is 19.4 Å². The zero-order valence-corrected chi connectivity index (χ0v) is 35.9. The van der Waals surface area contributed by atoms with Crippen molar-refractivity contribution in [1.29, 1.82) is 21.0 Å². The molecule has 15 heteroatoms. The van der Waals surface area contributed by atoms with Crippen LogP contribution in [0.25, 0.3) is 22.3 Å². The number of rotatable bonds is 10. The normalized spacial score (nSPS) is 9.68. The summed E-state index contributed by atoms with van der Waals surface area (Å²) in [6.07, 6.45) is 0. The number of aromatic nitrogens is 2. The number of amides is 2. The first-order valence-electron chi connectivity index (χ1n) is 19.6. The van der Waals surface area contributed by atoms with Crippen molar-refractivity contribution >= 4 is 46.6 Å². The van der Waals surface area contributed by atoms with Crippen molar-refractivity contribution in [3.05, 3.63) is 173 Å². The van der Waals surface area contributed by atoms with Crippen molar-refractivity contribution in [2.75, 3.05) is 22.1 Å². The van der Waals surface area contributed by atoms with Crippen LogP contribution in [0.2, 0.25) is 0 Å². The number of aliphatic hydroxyl groups is 1. The number of nitriles is 4. The number of ether oxygens (including phenoxy) is 1. The minimum absolute atomic E-state index is 0. The van der Waals surface area contributed by atoms with Gasteiger partial charge in [-0.15, -0.1) is 0 Å². The first-order chi connectivity index (χ1) is 31.5. The van der Waals surface area contributed by atoms with Crippen LogP contribution in [-0.4, -0.2) is 26.9 Å². The lowest BCUT2D eigenvalue weighted by Gasteiger charge is -2.14. The maximum absolute atomic E-state index is 11.2. The van der Waals surface area contributed by atoms with Gasteiger partial charge in [-0.1, -0.05) is 122 Å². The number of nitrogens with zero attached hydrogens (tertiary/aromatic N) is 6. The lowest BCUT2D eigenvalue weighted by molar-refractivity contribution is -0.115. The predicted molar refractivity (Wildman–Crippen MR) is 256 cm³/mol. The molecule has 0 aliphatic heterocycles.